The first-order valence-corrected chi connectivity index (χ1v) is 8.87. The molecule has 0 bridgehead atoms. The van der Waals surface area contributed by atoms with E-state index in [4.69, 9.17) is 4.74 Å². The van der Waals surface area contributed by atoms with E-state index < -0.39 is 0 Å². The van der Waals surface area contributed by atoms with Crippen molar-refractivity contribution in [1.82, 2.24) is 15.1 Å². The van der Waals surface area contributed by atoms with E-state index in [0.717, 1.165) is 44.2 Å². The summed E-state index contributed by atoms with van der Waals surface area (Å²) in [5.41, 5.74) is 2.17. The average molecular weight is 472 g/mol. The van der Waals surface area contributed by atoms with Crippen LogP contribution in [0.25, 0.3) is 0 Å². The molecule has 6 nitrogen and oxygen atoms in total. The highest BCUT2D eigenvalue weighted by Crippen LogP contribution is 2.38. The van der Waals surface area contributed by atoms with Crippen molar-refractivity contribution in [2.24, 2.45) is 10.4 Å². The van der Waals surface area contributed by atoms with Gasteiger partial charge in [-0.3, -0.25) is 9.79 Å². The molecule has 1 aromatic carbocycles. The number of carbonyl (C=O) groups excluding carboxylic acids is 1. The zero-order chi connectivity index (χ0) is 17.9. The molecule has 1 amide bonds. The Bertz CT molecular complexity index is 639. The van der Waals surface area contributed by atoms with E-state index in [-0.39, 0.29) is 29.9 Å². The molecule has 2 fully saturated rings. The minimum atomic E-state index is 0. The number of hydrogen-bond donors (Lipinski definition) is 1. The third-order valence-corrected chi connectivity index (χ3v) is 5.19. The number of likely N-dealkylation sites (tertiary alicyclic amines) is 1. The maximum atomic E-state index is 11.9. The number of amides is 1. The van der Waals surface area contributed by atoms with Crippen molar-refractivity contribution in [2.75, 3.05) is 47.4 Å². The minimum absolute atomic E-state index is 0. The molecular formula is C19H29IN4O2. The maximum absolute atomic E-state index is 11.9. The number of ether oxygens (including phenoxy) is 1. The van der Waals surface area contributed by atoms with Gasteiger partial charge in [0.1, 0.15) is 0 Å². The summed E-state index contributed by atoms with van der Waals surface area (Å²) in [4.78, 5) is 20.3. The first-order chi connectivity index (χ1) is 12.0. The van der Waals surface area contributed by atoms with Crippen LogP contribution in [0.3, 0.4) is 0 Å². The number of nitrogens with one attached hydrogen (secondary N) is 1. The highest BCUT2D eigenvalue weighted by molar-refractivity contribution is 14.0. The van der Waals surface area contributed by atoms with Gasteiger partial charge in [-0.1, -0.05) is 12.1 Å². The number of guanidine groups is 1. The average Bonchev–Trinajstić information content (AvgIpc) is 3.25. The molecule has 0 saturated carbocycles. The highest BCUT2D eigenvalue weighted by Gasteiger charge is 2.42. The second kappa shape index (κ2) is 9.03. The molecule has 0 aliphatic carbocycles. The Morgan fingerprint density at radius 1 is 1.31 bits per heavy atom. The van der Waals surface area contributed by atoms with Crippen LogP contribution >= 0.6 is 24.0 Å². The predicted molar refractivity (Wildman–Crippen MR) is 114 cm³/mol. The van der Waals surface area contributed by atoms with E-state index in [1.54, 1.807) is 19.0 Å². The monoisotopic (exact) mass is 472 g/mol. The molecule has 2 saturated heterocycles. The van der Waals surface area contributed by atoms with E-state index in [2.05, 4.69) is 15.2 Å². The van der Waals surface area contributed by atoms with Gasteiger partial charge in [0.05, 0.1) is 6.61 Å². The summed E-state index contributed by atoms with van der Waals surface area (Å²) in [6, 6.07) is 7.74. The second-order valence-electron chi connectivity index (χ2n) is 7.27. The zero-order valence-corrected chi connectivity index (χ0v) is 18.2. The molecule has 1 atom stereocenters. The quantitative estimate of drug-likeness (QED) is 0.417. The van der Waals surface area contributed by atoms with Crippen molar-refractivity contribution in [3.05, 3.63) is 35.4 Å². The van der Waals surface area contributed by atoms with Crippen LogP contribution in [0.2, 0.25) is 0 Å². The summed E-state index contributed by atoms with van der Waals surface area (Å²) in [7, 11) is 5.36. The summed E-state index contributed by atoms with van der Waals surface area (Å²) >= 11 is 0. The predicted octanol–water partition coefficient (Wildman–Crippen LogP) is 2.19. The Morgan fingerprint density at radius 3 is 2.62 bits per heavy atom. The Hall–Kier alpha value is -1.35. The first kappa shape index (κ1) is 21.0. The smallest absolute Gasteiger partial charge is 0.253 e. The summed E-state index contributed by atoms with van der Waals surface area (Å²) in [6.07, 6.45) is 2.33. The number of hydrogen-bond acceptors (Lipinski definition) is 3. The lowest BCUT2D eigenvalue weighted by atomic mass is 9.87. The normalized spacial score (nSPS) is 22.4. The van der Waals surface area contributed by atoms with Crippen LogP contribution in [0, 0.1) is 5.41 Å². The van der Waals surface area contributed by atoms with Gasteiger partial charge < -0.3 is 19.9 Å². The number of nitrogens with zero attached hydrogens (tertiary/aromatic N) is 3. The Kier molecular flexibility index (Phi) is 7.28. The molecule has 3 rings (SSSR count). The summed E-state index contributed by atoms with van der Waals surface area (Å²) < 4.78 is 5.60. The van der Waals surface area contributed by atoms with Crippen LogP contribution < -0.4 is 5.32 Å². The van der Waals surface area contributed by atoms with Gasteiger partial charge in [-0.05, 0) is 30.5 Å². The molecule has 26 heavy (non-hydrogen) atoms. The molecule has 1 spiro atoms. The molecule has 0 aromatic heterocycles. The SMILES string of the molecule is CN=C(NCc1ccc(C(=O)N(C)C)cc1)N1CCC2(CCOC2)C1.I. The van der Waals surface area contributed by atoms with Crippen molar-refractivity contribution in [1.29, 1.82) is 0 Å². The molecule has 2 heterocycles. The minimum Gasteiger partial charge on any atom is -0.381 e. The van der Waals surface area contributed by atoms with E-state index in [0.29, 0.717) is 17.5 Å². The van der Waals surface area contributed by atoms with Crippen molar-refractivity contribution >= 4 is 35.8 Å². The van der Waals surface area contributed by atoms with Gasteiger partial charge in [-0.15, -0.1) is 24.0 Å². The maximum Gasteiger partial charge on any atom is 0.253 e. The molecule has 144 valence electrons. The fourth-order valence-electron chi connectivity index (χ4n) is 3.62. The standard InChI is InChI=1S/C19H28N4O2.HI/c1-20-18(23-10-8-19(13-23)9-11-25-14-19)21-12-15-4-6-16(7-5-15)17(24)22(2)3;/h4-7H,8-14H2,1-3H3,(H,20,21);1H. The summed E-state index contributed by atoms with van der Waals surface area (Å²) in [5, 5.41) is 3.45. The van der Waals surface area contributed by atoms with Crippen LogP contribution in [-0.4, -0.2) is 69.1 Å². The van der Waals surface area contributed by atoms with Gasteiger partial charge in [-0.2, -0.15) is 0 Å². The van der Waals surface area contributed by atoms with Crippen molar-refractivity contribution in [2.45, 2.75) is 19.4 Å². The Morgan fingerprint density at radius 2 is 2.04 bits per heavy atom. The fourth-order valence-corrected chi connectivity index (χ4v) is 3.62. The van der Waals surface area contributed by atoms with Gasteiger partial charge in [0, 0.05) is 58.4 Å². The second-order valence-corrected chi connectivity index (χ2v) is 7.27. The van der Waals surface area contributed by atoms with Crippen LogP contribution in [0.1, 0.15) is 28.8 Å². The third-order valence-electron chi connectivity index (χ3n) is 5.19. The molecule has 1 N–H and O–H groups in total. The molecular weight excluding hydrogens is 443 g/mol. The lowest BCUT2D eigenvalue weighted by Gasteiger charge is -2.25. The van der Waals surface area contributed by atoms with Crippen LogP contribution in [-0.2, 0) is 11.3 Å². The van der Waals surface area contributed by atoms with Gasteiger partial charge in [0.15, 0.2) is 5.96 Å². The summed E-state index contributed by atoms with van der Waals surface area (Å²) in [5.74, 6) is 0.966. The summed E-state index contributed by atoms with van der Waals surface area (Å²) in [6.45, 7) is 4.51. The first-order valence-electron chi connectivity index (χ1n) is 8.87. The van der Waals surface area contributed by atoms with Gasteiger partial charge in [0.25, 0.3) is 5.91 Å². The van der Waals surface area contributed by atoms with E-state index in [9.17, 15) is 4.79 Å². The zero-order valence-electron chi connectivity index (χ0n) is 15.8. The lowest BCUT2D eigenvalue weighted by molar-refractivity contribution is 0.0827. The van der Waals surface area contributed by atoms with Crippen molar-refractivity contribution in [3.8, 4) is 0 Å². The number of benzene rings is 1. The largest absolute Gasteiger partial charge is 0.381 e. The van der Waals surface area contributed by atoms with Gasteiger partial charge >= 0.3 is 0 Å². The number of aliphatic imine (C=N–C) groups is 1. The third kappa shape index (κ3) is 4.68. The van der Waals surface area contributed by atoms with Crippen molar-refractivity contribution < 1.29 is 9.53 Å². The number of rotatable bonds is 3. The van der Waals surface area contributed by atoms with Crippen LogP contribution in [0.5, 0.6) is 0 Å². The number of carbonyl (C=O) groups is 1. The van der Waals surface area contributed by atoms with Crippen molar-refractivity contribution in [3.63, 3.8) is 0 Å². The van der Waals surface area contributed by atoms with E-state index in [1.165, 1.54) is 6.42 Å². The van der Waals surface area contributed by atoms with E-state index >= 15 is 0 Å². The van der Waals surface area contributed by atoms with Crippen LogP contribution in [0.15, 0.2) is 29.3 Å². The molecule has 7 heteroatoms. The fraction of sp³-hybridized carbons (Fsp3) is 0.579. The molecule has 1 aromatic rings. The molecule has 1 unspecified atom stereocenters. The molecule has 2 aliphatic rings. The molecule has 2 aliphatic heterocycles. The lowest BCUT2D eigenvalue weighted by Crippen LogP contribution is -2.41. The topological polar surface area (TPSA) is 57.2 Å². The van der Waals surface area contributed by atoms with E-state index in [1.807, 2.05) is 31.3 Å². The number of halogens is 1. The van der Waals surface area contributed by atoms with Gasteiger partial charge in [0.2, 0.25) is 0 Å². The Balaban J connectivity index is 0.00000243. The molecule has 0 radical (unpaired) electrons. The van der Waals surface area contributed by atoms with Gasteiger partial charge in [-0.25, -0.2) is 0 Å². The Labute approximate surface area is 173 Å². The highest BCUT2D eigenvalue weighted by atomic mass is 127. The van der Waals surface area contributed by atoms with Crippen LogP contribution in [0.4, 0.5) is 0 Å².